The summed E-state index contributed by atoms with van der Waals surface area (Å²) in [4.78, 5) is 25.8. The minimum Gasteiger partial charge on any atom is -0.465 e. The van der Waals surface area contributed by atoms with E-state index in [9.17, 15) is 14.7 Å². The van der Waals surface area contributed by atoms with Gasteiger partial charge in [-0.15, -0.1) is 0 Å². The van der Waals surface area contributed by atoms with Crippen LogP contribution in [0.3, 0.4) is 0 Å². The van der Waals surface area contributed by atoms with E-state index in [0.717, 1.165) is 0 Å². The molecular weight excluding hydrogens is 246 g/mol. The van der Waals surface area contributed by atoms with Crippen molar-refractivity contribution in [3.05, 3.63) is 0 Å². The Hall–Kier alpha value is -0.940. The molecule has 0 saturated heterocycles. The van der Waals surface area contributed by atoms with Crippen LogP contribution in [-0.4, -0.2) is 53.6 Å². The van der Waals surface area contributed by atoms with E-state index >= 15 is 0 Å². The molecule has 0 aliphatic heterocycles. The summed E-state index contributed by atoms with van der Waals surface area (Å²) >= 11 is 0. The molecule has 0 unspecified atom stereocenters. The summed E-state index contributed by atoms with van der Waals surface area (Å²) in [5.41, 5.74) is -2.02. The zero-order valence-corrected chi connectivity index (χ0v) is 12.9. The highest BCUT2D eigenvalue weighted by atomic mass is 16.5. The normalized spacial score (nSPS) is 12.6. The zero-order valence-electron chi connectivity index (χ0n) is 12.9. The Morgan fingerprint density at radius 3 is 2.05 bits per heavy atom. The standard InChI is InChI=1S/C14H27NO4/c1-7-15(10-13(3,4)18)9-11(16)14(5,6)12(17)19-8-2/h18H,7-10H2,1-6H3. The smallest absolute Gasteiger partial charge is 0.319 e. The van der Waals surface area contributed by atoms with E-state index in [1.165, 1.54) is 0 Å². The second kappa shape index (κ2) is 7.01. The summed E-state index contributed by atoms with van der Waals surface area (Å²) in [7, 11) is 0. The van der Waals surface area contributed by atoms with Gasteiger partial charge in [0.05, 0.1) is 18.8 Å². The van der Waals surface area contributed by atoms with Crippen LogP contribution in [0.25, 0.3) is 0 Å². The van der Waals surface area contributed by atoms with E-state index in [0.29, 0.717) is 13.1 Å². The van der Waals surface area contributed by atoms with Crippen molar-refractivity contribution in [3.63, 3.8) is 0 Å². The topological polar surface area (TPSA) is 66.8 Å². The summed E-state index contributed by atoms with van der Waals surface area (Å²) in [6, 6.07) is 0. The zero-order chi connectivity index (χ0) is 15.3. The van der Waals surface area contributed by atoms with Crippen LogP contribution >= 0.6 is 0 Å². The van der Waals surface area contributed by atoms with Crippen LogP contribution in [0.15, 0.2) is 0 Å². The summed E-state index contributed by atoms with van der Waals surface area (Å²) < 4.78 is 4.92. The first-order valence-corrected chi connectivity index (χ1v) is 6.69. The van der Waals surface area contributed by atoms with Crippen molar-refractivity contribution >= 4 is 11.8 Å². The number of esters is 1. The Morgan fingerprint density at radius 1 is 1.16 bits per heavy atom. The lowest BCUT2D eigenvalue weighted by atomic mass is 9.87. The molecule has 0 aromatic rings. The van der Waals surface area contributed by atoms with E-state index in [1.807, 2.05) is 11.8 Å². The van der Waals surface area contributed by atoms with Crippen LogP contribution in [0.5, 0.6) is 0 Å². The number of nitrogens with zero attached hydrogens (tertiary/aromatic N) is 1. The van der Waals surface area contributed by atoms with Crippen molar-refractivity contribution in [2.45, 2.75) is 47.1 Å². The molecule has 0 heterocycles. The Labute approximate surface area is 115 Å². The molecule has 0 aliphatic rings. The van der Waals surface area contributed by atoms with Gasteiger partial charge in [-0.1, -0.05) is 6.92 Å². The fourth-order valence-electron chi connectivity index (χ4n) is 1.65. The maximum atomic E-state index is 12.2. The molecule has 0 spiro atoms. The highest BCUT2D eigenvalue weighted by Gasteiger charge is 2.38. The first kappa shape index (κ1) is 18.1. The second-order valence-electron chi connectivity index (χ2n) is 5.88. The van der Waals surface area contributed by atoms with Gasteiger partial charge in [0.1, 0.15) is 5.41 Å². The number of carbonyl (C=O) groups is 2. The summed E-state index contributed by atoms with van der Waals surface area (Å²) in [6.07, 6.45) is 0. The summed E-state index contributed by atoms with van der Waals surface area (Å²) in [5, 5.41) is 9.78. The van der Waals surface area contributed by atoms with Crippen LogP contribution in [-0.2, 0) is 14.3 Å². The molecule has 112 valence electrons. The second-order valence-corrected chi connectivity index (χ2v) is 5.88. The van der Waals surface area contributed by atoms with Crippen molar-refractivity contribution in [2.24, 2.45) is 5.41 Å². The van der Waals surface area contributed by atoms with Crippen molar-refractivity contribution in [3.8, 4) is 0 Å². The maximum absolute atomic E-state index is 12.2. The highest BCUT2D eigenvalue weighted by Crippen LogP contribution is 2.20. The van der Waals surface area contributed by atoms with Gasteiger partial charge in [-0.05, 0) is 41.2 Å². The Kier molecular flexibility index (Phi) is 6.66. The minimum absolute atomic E-state index is 0.131. The van der Waals surface area contributed by atoms with Crippen LogP contribution in [0.2, 0.25) is 0 Å². The number of Topliss-reactive ketones (excluding diaryl/α,β-unsaturated/α-hetero) is 1. The molecule has 0 aromatic carbocycles. The van der Waals surface area contributed by atoms with Crippen LogP contribution in [0, 0.1) is 5.41 Å². The average molecular weight is 273 g/mol. The predicted molar refractivity (Wildman–Crippen MR) is 73.8 cm³/mol. The highest BCUT2D eigenvalue weighted by molar-refractivity contribution is 6.03. The molecule has 0 amide bonds. The lowest BCUT2D eigenvalue weighted by Gasteiger charge is -2.30. The molecule has 0 atom stereocenters. The van der Waals surface area contributed by atoms with Gasteiger partial charge in [-0.3, -0.25) is 14.5 Å². The van der Waals surface area contributed by atoms with Crippen molar-refractivity contribution < 1.29 is 19.4 Å². The molecule has 0 bridgehead atoms. The lowest BCUT2D eigenvalue weighted by Crippen LogP contribution is -2.46. The third-order valence-corrected chi connectivity index (χ3v) is 2.91. The van der Waals surface area contributed by atoms with Crippen LogP contribution in [0.1, 0.15) is 41.5 Å². The molecule has 1 N–H and O–H groups in total. The molecule has 0 aromatic heterocycles. The molecule has 0 rings (SSSR count). The number of ether oxygens (including phenoxy) is 1. The van der Waals surface area contributed by atoms with Gasteiger partial charge in [0.25, 0.3) is 0 Å². The van der Waals surface area contributed by atoms with Gasteiger partial charge < -0.3 is 9.84 Å². The Balaban J connectivity index is 4.69. The maximum Gasteiger partial charge on any atom is 0.319 e. The van der Waals surface area contributed by atoms with E-state index in [1.54, 1.807) is 34.6 Å². The number of carbonyl (C=O) groups excluding carboxylic acids is 2. The molecule has 0 aliphatic carbocycles. The van der Waals surface area contributed by atoms with Gasteiger partial charge in [0.2, 0.25) is 0 Å². The fourth-order valence-corrected chi connectivity index (χ4v) is 1.65. The molecule has 0 saturated carbocycles. The number of aliphatic hydroxyl groups is 1. The van der Waals surface area contributed by atoms with E-state index < -0.39 is 17.0 Å². The van der Waals surface area contributed by atoms with E-state index in [-0.39, 0.29) is 18.9 Å². The van der Waals surface area contributed by atoms with Gasteiger partial charge in [0.15, 0.2) is 5.78 Å². The summed E-state index contributed by atoms with van der Waals surface area (Å²) in [5.74, 6) is -0.698. The summed E-state index contributed by atoms with van der Waals surface area (Å²) in [6.45, 7) is 11.6. The van der Waals surface area contributed by atoms with E-state index in [4.69, 9.17) is 4.74 Å². The molecule has 19 heavy (non-hydrogen) atoms. The number of hydrogen-bond acceptors (Lipinski definition) is 5. The van der Waals surface area contributed by atoms with Gasteiger partial charge in [-0.25, -0.2) is 0 Å². The lowest BCUT2D eigenvalue weighted by molar-refractivity contribution is -0.158. The minimum atomic E-state index is -1.15. The van der Waals surface area contributed by atoms with E-state index in [2.05, 4.69) is 0 Å². The molecular formula is C14H27NO4. The van der Waals surface area contributed by atoms with Gasteiger partial charge in [0, 0.05) is 6.54 Å². The largest absolute Gasteiger partial charge is 0.465 e. The molecule has 5 heteroatoms. The first-order valence-electron chi connectivity index (χ1n) is 6.69. The van der Waals surface area contributed by atoms with Crippen molar-refractivity contribution in [1.82, 2.24) is 4.90 Å². The number of likely N-dealkylation sites (N-methyl/N-ethyl adjacent to an activating group) is 1. The molecule has 0 fully saturated rings. The van der Waals surface area contributed by atoms with Gasteiger partial charge in [-0.2, -0.15) is 0 Å². The van der Waals surface area contributed by atoms with Crippen LogP contribution < -0.4 is 0 Å². The van der Waals surface area contributed by atoms with Gasteiger partial charge >= 0.3 is 5.97 Å². The third kappa shape index (κ3) is 6.16. The molecule has 0 radical (unpaired) electrons. The first-order chi connectivity index (χ1) is 8.54. The third-order valence-electron chi connectivity index (χ3n) is 2.91. The fraction of sp³-hybridized carbons (Fsp3) is 0.857. The SMILES string of the molecule is CCOC(=O)C(C)(C)C(=O)CN(CC)CC(C)(C)O. The van der Waals surface area contributed by atoms with Crippen molar-refractivity contribution in [2.75, 3.05) is 26.2 Å². The van der Waals surface area contributed by atoms with Crippen molar-refractivity contribution in [1.29, 1.82) is 0 Å². The Bertz CT molecular complexity index is 318. The predicted octanol–water partition coefficient (Wildman–Crippen LogP) is 1.24. The molecule has 5 nitrogen and oxygen atoms in total. The quantitative estimate of drug-likeness (QED) is 0.532. The number of rotatable bonds is 8. The van der Waals surface area contributed by atoms with Crippen LogP contribution in [0.4, 0.5) is 0 Å². The number of ketones is 1. The Morgan fingerprint density at radius 2 is 1.68 bits per heavy atom. The average Bonchev–Trinajstić information content (AvgIpc) is 2.26. The monoisotopic (exact) mass is 273 g/mol. The number of hydrogen-bond donors (Lipinski definition) is 1.